The minimum Gasteiger partial charge on any atom is -0.314 e. The summed E-state index contributed by atoms with van der Waals surface area (Å²) in [5.41, 5.74) is 0.112. The third-order valence-corrected chi connectivity index (χ3v) is 5.35. The van der Waals surface area contributed by atoms with Crippen LogP contribution in [0.5, 0.6) is 0 Å². The van der Waals surface area contributed by atoms with Gasteiger partial charge in [0.05, 0.1) is 5.56 Å². The number of hydrogen-bond donors (Lipinski definition) is 2. The van der Waals surface area contributed by atoms with Gasteiger partial charge in [-0.25, -0.2) is 4.98 Å². The number of piperidine rings is 1. The van der Waals surface area contributed by atoms with Crippen molar-refractivity contribution < 1.29 is 18.0 Å². The van der Waals surface area contributed by atoms with E-state index in [1.54, 1.807) is 6.20 Å². The number of anilines is 1. The van der Waals surface area contributed by atoms with Gasteiger partial charge in [0, 0.05) is 29.5 Å². The first-order chi connectivity index (χ1) is 12.3. The fraction of sp³-hybridized carbons (Fsp3) is 0.444. The van der Waals surface area contributed by atoms with E-state index in [9.17, 15) is 18.0 Å². The van der Waals surface area contributed by atoms with Crippen molar-refractivity contribution in [2.45, 2.75) is 38.4 Å². The second-order valence-electron chi connectivity index (χ2n) is 6.57. The predicted molar refractivity (Wildman–Crippen MR) is 102 cm³/mol. The summed E-state index contributed by atoms with van der Waals surface area (Å²) in [6.45, 7) is 2.89. The van der Waals surface area contributed by atoms with Crippen LogP contribution in [-0.2, 0) is 17.4 Å². The number of halogens is 4. The zero-order valence-corrected chi connectivity index (χ0v) is 16.3. The van der Waals surface area contributed by atoms with Crippen LogP contribution in [0.4, 0.5) is 18.3 Å². The molecular formula is C18H21ClF3N3OS. The van der Waals surface area contributed by atoms with Gasteiger partial charge >= 0.3 is 6.18 Å². The Labute approximate surface area is 166 Å². The fourth-order valence-electron chi connectivity index (χ4n) is 3.04. The Balaban J connectivity index is 0.00000261. The van der Waals surface area contributed by atoms with Gasteiger partial charge in [-0.15, -0.1) is 23.7 Å². The van der Waals surface area contributed by atoms with E-state index in [1.807, 2.05) is 0 Å². The first-order valence-electron chi connectivity index (χ1n) is 8.46. The zero-order chi connectivity index (χ0) is 18.7. The third kappa shape index (κ3) is 5.92. The molecule has 1 amide bonds. The van der Waals surface area contributed by atoms with Gasteiger partial charge in [0.25, 0.3) is 0 Å². The maximum absolute atomic E-state index is 12.6. The van der Waals surface area contributed by atoms with Crippen LogP contribution < -0.4 is 10.6 Å². The van der Waals surface area contributed by atoms with Crippen molar-refractivity contribution >= 4 is 34.8 Å². The van der Waals surface area contributed by atoms with E-state index in [0.717, 1.165) is 42.0 Å². The molecule has 3 rings (SSSR count). The fourth-order valence-corrected chi connectivity index (χ4v) is 3.89. The molecule has 1 aliphatic rings. The number of amides is 1. The van der Waals surface area contributed by atoms with Gasteiger partial charge in [-0.2, -0.15) is 13.2 Å². The van der Waals surface area contributed by atoms with Gasteiger partial charge in [-0.1, -0.05) is 12.1 Å². The van der Waals surface area contributed by atoms with E-state index in [0.29, 0.717) is 17.6 Å². The Bertz CT molecular complexity index is 764. The number of benzene rings is 1. The lowest BCUT2D eigenvalue weighted by Gasteiger charge is -2.26. The van der Waals surface area contributed by atoms with Crippen molar-refractivity contribution in [3.05, 3.63) is 46.5 Å². The molecule has 0 unspecified atom stereocenters. The average Bonchev–Trinajstić information content (AvgIpc) is 3.01. The topological polar surface area (TPSA) is 54.0 Å². The zero-order valence-electron chi connectivity index (χ0n) is 14.7. The quantitative estimate of drug-likeness (QED) is 0.767. The molecule has 27 heavy (non-hydrogen) atoms. The van der Waals surface area contributed by atoms with Crippen molar-refractivity contribution in [1.82, 2.24) is 10.3 Å². The highest BCUT2D eigenvalue weighted by atomic mass is 35.5. The monoisotopic (exact) mass is 419 g/mol. The lowest BCUT2D eigenvalue weighted by atomic mass is 9.93. The average molecular weight is 420 g/mol. The summed E-state index contributed by atoms with van der Waals surface area (Å²) in [6.07, 6.45) is -0.582. The summed E-state index contributed by atoms with van der Waals surface area (Å²) in [6, 6.07) is 5.43. The van der Waals surface area contributed by atoms with Gasteiger partial charge < -0.3 is 10.6 Å². The lowest BCUT2D eigenvalue weighted by molar-refractivity contribution is -0.137. The molecule has 9 heteroatoms. The Morgan fingerprint density at radius 1 is 1.33 bits per heavy atom. The molecule has 1 aliphatic heterocycles. The van der Waals surface area contributed by atoms with Crippen molar-refractivity contribution in [1.29, 1.82) is 0 Å². The molecule has 1 aromatic carbocycles. The number of carbonyl (C=O) groups excluding carboxylic acids is 1. The standard InChI is InChI=1S/C18H20F3N3OS.ClH/c1-11-8-13(6-7-22-11)16(25)24-17-23-10-15(26-17)9-12-2-4-14(5-3-12)18(19,20)21;/h2-5,10-11,13,22H,6-9H2,1H3,(H,23,24,25);1H/t11-,13-;/m0./s1. The molecule has 2 aromatic rings. The van der Waals surface area contributed by atoms with Crippen LogP contribution >= 0.6 is 23.7 Å². The van der Waals surface area contributed by atoms with Crippen molar-refractivity contribution in [2.75, 3.05) is 11.9 Å². The van der Waals surface area contributed by atoms with Crippen LogP contribution in [0.15, 0.2) is 30.5 Å². The van der Waals surface area contributed by atoms with E-state index >= 15 is 0 Å². The summed E-state index contributed by atoms with van der Waals surface area (Å²) in [4.78, 5) is 17.4. The third-order valence-electron chi connectivity index (χ3n) is 4.44. The minimum absolute atomic E-state index is 0. The molecule has 2 atom stereocenters. The molecule has 4 nitrogen and oxygen atoms in total. The van der Waals surface area contributed by atoms with Gasteiger partial charge in [0.2, 0.25) is 5.91 Å². The second kappa shape index (κ2) is 9.03. The molecule has 0 spiro atoms. The molecule has 1 saturated heterocycles. The normalized spacial score (nSPS) is 20.0. The Morgan fingerprint density at radius 3 is 2.67 bits per heavy atom. The summed E-state index contributed by atoms with van der Waals surface area (Å²) in [5.74, 6) is -0.0395. The molecule has 1 aromatic heterocycles. The largest absolute Gasteiger partial charge is 0.416 e. The summed E-state index contributed by atoms with van der Waals surface area (Å²) in [7, 11) is 0. The number of aromatic nitrogens is 1. The Hall–Kier alpha value is -1.64. The molecule has 0 saturated carbocycles. The molecule has 2 N–H and O–H groups in total. The molecule has 0 radical (unpaired) electrons. The van der Waals surface area contributed by atoms with Crippen LogP contribution in [-0.4, -0.2) is 23.5 Å². The molecule has 148 valence electrons. The number of alkyl halides is 3. The second-order valence-corrected chi connectivity index (χ2v) is 7.68. The Kier molecular flexibility index (Phi) is 7.25. The van der Waals surface area contributed by atoms with Crippen LogP contribution in [0.3, 0.4) is 0 Å². The number of nitrogens with zero attached hydrogens (tertiary/aromatic N) is 1. The number of thiazole rings is 1. The number of rotatable bonds is 4. The minimum atomic E-state index is -4.33. The molecule has 2 heterocycles. The smallest absolute Gasteiger partial charge is 0.314 e. The molecule has 0 aliphatic carbocycles. The highest BCUT2D eigenvalue weighted by Crippen LogP contribution is 2.30. The summed E-state index contributed by atoms with van der Waals surface area (Å²) < 4.78 is 37.8. The SMILES string of the molecule is C[C@H]1C[C@@H](C(=O)Nc2ncc(Cc3ccc(C(F)(F)F)cc3)s2)CCN1.Cl. The first kappa shape index (κ1) is 21.7. The number of nitrogens with one attached hydrogen (secondary N) is 2. The summed E-state index contributed by atoms with van der Waals surface area (Å²) >= 11 is 1.35. The van der Waals surface area contributed by atoms with E-state index in [4.69, 9.17) is 0 Å². The van der Waals surface area contributed by atoms with E-state index in [1.165, 1.54) is 23.5 Å². The highest BCUT2D eigenvalue weighted by Gasteiger charge is 2.30. The van der Waals surface area contributed by atoms with E-state index in [-0.39, 0.29) is 24.2 Å². The van der Waals surface area contributed by atoms with Crippen LogP contribution in [0, 0.1) is 5.92 Å². The maximum atomic E-state index is 12.6. The van der Waals surface area contributed by atoms with Gasteiger partial charge in [0.1, 0.15) is 0 Å². The van der Waals surface area contributed by atoms with Crippen molar-refractivity contribution in [2.24, 2.45) is 5.92 Å². The Morgan fingerprint density at radius 2 is 2.04 bits per heavy atom. The molecule has 1 fully saturated rings. The number of hydrogen-bond acceptors (Lipinski definition) is 4. The van der Waals surface area contributed by atoms with E-state index in [2.05, 4.69) is 22.5 Å². The van der Waals surface area contributed by atoms with Gasteiger partial charge in [-0.05, 0) is 44.0 Å². The first-order valence-corrected chi connectivity index (χ1v) is 9.28. The van der Waals surface area contributed by atoms with Crippen LogP contribution in [0.1, 0.15) is 35.8 Å². The predicted octanol–water partition coefficient (Wildman–Crippen LogP) is 4.50. The van der Waals surface area contributed by atoms with E-state index < -0.39 is 11.7 Å². The highest BCUT2D eigenvalue weighted by molar-refractivity contribution is 7.15. The van der Waals surface area contributed by atoms with Gasteiger partial charge in [0.15, 0.2) is 5.13 Å². The number of carbonyl (C=O) groups is 1. The van der Waals surface area contributed by atoms with Crippen LogP contribution in [0.2, 0.25) is 0 Å². The lowest BCUT2D eigenvalue weighted by Crippen LogP contribution is -2.40. The van der Waals surface area contributed by atoms with Crippen LogP contribution in [0.25, 0.3) is 0 Å². The molecule has 0 bridgehead atoms. The van der Waals surface area contributed by atoms with Crippen molar-refractivity contribution in [3.8, 4) is 0 Å². The van der Waals surface area contributed by atoms with Crippen molar-refractivity contribution in [3.63, 3.8) is 0 Å². The maximum Gasteiger partial charge on any atom is 0.416 e. The molecular weight excluding hydrogens is 399 g/mol. The van der Waals surface area contributed by atoms with Gasteiger partial charge in [-0.3, -0.25) is 4.79 Å². The summed E-state index contributed by atoms with van der Waals surface area (Å²) in [5, 5.41) is 6.70.